The van der Waals surface area contributed by atoms with Gasteiger partial charge in [0.05, 0.1) is 5.56 Å². The number of anilines is 1. The number of hydrogen-bond donors (Lipinski definition) is 3. The molecule has 2 aromatic rings. The molecule has 0 aliphatic rings. The van der Waals surface area contributed by atoms with Gasteiger partial charge in [-0.15, -0.1) is 0 Å². The molecular formula is C19H22N2O3. The van der Waals surface area contributed by atoms with Gasteiger partial charge in [-0.2, -0.15) is 0 Å². The van der Waals surface area contributed by atoms with Crippen molar-refractivity contribution in [3.63, 3.8) is 0 Å². The highest BCUT2D eigenvalue weighted by molar-refractivity contribution is 5.92. The molecule has 5 nitrogen and oxygen atoms in total. The van der Waals surface area contributed by atoms with E-state index in [1.54, 1.807) is 24.3 Å². The Kier molecular flexibility index (Phi) is 6.09. The van der Waals surface area contributed by atoms with E-state index in [9.17, 15) is 9.59 Å². The molecule has 0 aliphatic heterocycles. The summed E-state index contributed by atoms with van der Waals surface area (Å²) in [5.74, 6) is -0.955. The Morgan fingerprint density at radius 3 is 1.88 bits per heavy atom. The van der Waals surface area contributed by atoms with Gasteiger partial charge in [0.2, 0.25) is 5.91 Å². The molecule has 0 saturated carbocycles. The van der Waals surface area contributed by atoms with E-state index >= 15 is 0 Å². The predicted octanol–water partition coefficient (Wildman–Crippen LogP) is 3.27. The number of carboxylic acid groups (broad SMARTS) is 1. The van der Waals surface area contributed by atoms with Crippen LogP contribution >= 0.6 is 0 Å². The van der Waals surface area contributed by atoms with Crippen LogP contribution in [-0.4, -0.2) is 17.0 Å². The van der Waals surface area contributed by atoms with Crippen LogP contribution in [0.4, 0.5) is 5.69 Å². The molecule has 24 heavy (non-hydrogen) atoms. The van der Waals surface area contributed by atoms with Crippen LogP contribution in [0.1, 0.15) is 35.3 Å². The van der Waals surface area contributed by atoms with Crippen LogP contribution in [-0.2, 0) is 17.9 Å². The number of benzene rings is 2. The lowest BCUT2D eigenvalue weighted by Crippen LogP contribution is -2.17. The highest BCUT2D eigenvalue weighted by Gasteiger charge is 2.06. The monoisotopic (exact) mass is 326 g/mol. The number of carboxylic acids is 1. The minimum absolute atomic E-state index is 0.00526. The van der Waals surface area contributed by atoms with Crippen LogP contribution in [0.2, 0.25) is 0 Å². The standard InChI is InChI=1S/C19H22N2O3/c1-13(2)18(22)21-17-9-5-15(6-10-17)12-20-11-14-3-7-16(8-4-14)19(23)24/h3-10,13,20H,11-12H2,1-2H3,(H,21,22)(H,23,24). The van der Waals surface area contributed by atoms with Gasteiger partial charge in [-0.3, -0.25) is 4.79 Å². The molecule has 0 bridgehead atoms. The lowest BCUT2D eigenvalue weighted by Gasteiger charge is -2.09. The number of aromatic carboxylic acids is 1. The molecule has 0 aliphatic carbocycles. The van der Waals surface area contributed by atoms with Gasteiger partial charge in [0, 0.05) is 24.7 Å². The second-order valence-electron chi connectivity index (χ2n) is 5.95. The fourth-order valence-corrected chi connectivity index (χ4v) is 2.11. The first-order valence-corrected chi connectivity index (χ1v) is 7.88. The average Bonchev–Trinajstić information content (AvgIpc) is 2.56. The largest absolute Gasteiger partial charge is 0.478 e. The van der Waals surface area contributed by atoms with Crippen LogP contribution in [0, 0.1) is 5.92 Å². The molecule has 3 N–H and O–H groups in total. The third-order valence-electron chi connectivity index (χ3n) is 3.60. The number of hydrogen-bond acceptors (Lipinski definition) is 3. The topological polar surface area (TPSA) is 78.4 Å². The molecule has 2 aromatic carbocycles. The van der Waals surface area contributed by atoms with E-state index in [4.69, 9.17) is 5.11 Å². The third-order valence-corrected chi connectivity index (χ3v) is 3.60. The molecule has 0 saturated heterocycles. The summed E-state index contributed by atoms with van der Waals surface area (Å²) in [6.07, 6.45) is 0. The zero-order valence-corrected chi connectivity index (χ0v) is 13.9. The Hall–Kier alpha value is -2.66. The van der Waals surface area contributed by atoms with Gasteiger partial charge in [0.25, 0.3) is 0 Å². The Bertz CT molecular complexity index is 692. The molecule has 0 radical (unpaired) electrons. The molecule has 0 atom stereocenters. The van der Waals surface area contributed by atoms with Crippen molar-refractivity contribution in [2.75, 3.05) is 5.32 Å². The summed E-state index contributed by atoms with van der Waals surface area (Å²) >= 11 is 0. The summed E-state index contributed by atoms with van der Waals surface area (Å²) < 4.78 is 0. The van der Waals surface area contributed by atoms with Crippen molar-refractivity contribution in [1.82, 2.24) is 5.32 Å². The molecule has 1 amide bonds. The smallest absolute Gasteiger partial charge is 0.335 e. The maximum Gasteiger partial charge on any atom is 0.335 e. The predicted molar refractivity (Wildman–Crippen MR) is 93.9 cm³/mol. The lowest BCUT2D eigenvalue weighted by atomic mass is 10.1. The van der Waals surface area contributed by atoms with E-state index in [0.717, 1.165) is 16.8 Å². The molecule has 0 unspecified atom stereocenters. The number of carbonyl (C=O) groups excluding carboxylic acids is 1. The van der Waals surface area contributed by atoms with Crippen LogP contribution < -0.4 is 10.6 Å². The number of rotatable bonds is 7. The van der Waals surface area contributed by atoms with Crippen molar-refractivity contribution in [2.24, 2.45) is 5.92 Å². The van der Waals surface area contributed by atoms with E-state index in [1.165, 1.54) is 0 Å². The van der Waals surface area contributed by atoms with Crippen molar-refractivity contribution >= 4 is 17.6 Å². The minimum atomic E-state index is -0.917. The minimum Gasteiger partial charge on any atom is -0.478 e. The Balaban J connectivity index is 1.82. The second-order valence-corrected chi connectivity index (χ2v) is 5.95. The summed E-state index contributed by atoms with van der Waals surface area (Å²) in [6, 6.07) is 14.5. The second kappa shape index (κ2) is 8.26. The third kappa shape index (κ3) is 5.21. The van der Waals surface area contributed by atoms with Crippen LogP contribution in [0.5, 0.6) is 0 Å². The Morgan fingerprint density at radius 2 is 1.42 bits per heavy atom. The zero-order chi connectivity index (χ0) is 17.5. The van der Waals surface area contributed by atoms with E-state index in [0.29, 0.717) is 13.1 Å². The quantitative estimate of drug-likeness (QED) is 0.730. The average molecular weight is 326 g/mol. The van der Waals surface area contributed by atoms with Gasteiger partial charge < -0.3 is 15.7 Å². The zero-order valence-electron chi connectivity index (χ0n) is 13.9. The number of carbonyl (C=O) groups is 2. The van der Waals surface area contributed by atoms with Gasteiger partial charge >= 0.3 is 5.97 Å². The molecule has 2 rings (SSSR count). The maximum atomic E-state index is 11.6. The van der Waals surface area contributed by atoms with Crippen LogP contribution in [0.25, 0.3) is 0 Å². The SMILES string of the molecule is CC(C)C(=O)Nc1ccc(CNCc2ccc(C(=O)O)cc2)cc1. The molecule has 0 aromatic heterocycles. The van der Waals surface area contributed by atoms with Gasteiger partial charge in [-0.1, -0.05) is 38.1 Å². The number of nitrogens with one attached hydrogen (secondary N) is 2. The summed E-state index contributed by atoms with van der Waals surface area (Å²) in [7, 11) is 0. The molecule has 5 heteroatoms. The van der Waals surface area contributed by atoms with Gasteiger partial charge in [-0.25, -0.2) is 4.79 Å². The highest BCUT2D eigenvalue weighted by Crippen LogP contribution is 2.11. The summed E-state index contributed by atoms with van der Waals surface area (Å²) in [5, 5.41) is 15.0. The van der Waals surface area contributed by atoms with Crippen molar-refractivity contribution in [3.05, 3.63) is 65.2 Å². The first-order valence-electron chi connectivity index (χ1n) is 7.88. The van der Waals surface area contributed by atoms with Crippen molar-refractivity contribution in [3.8, 4) is 0 Å². The van der Waals surface area contributed by atoms with E-state index in [1.807, 2.05) is 38.1 Å². The Morgan fingerprint density at radius 1 is 0.917 bits per heavy atom. The molecule has 126 valence electrons. The fraction of sp³-hybridized carbons (Fsp3) is 0.263. The fourth-order valence-electron chi connectivity index (χ4n) is 2.11. The Labute approximate surface area is 141 Å². The molecular weight excluding hydrogens is 304 g/mol. The first-order chi connectivity index (χ1) is 11.5. The van der Waals surface area contributed by atoms with Crippen LogP contribution in [0.15, 0.2) is 48.5 Å². The molecule has 0 fully saturated rings. The van der Waals surface area contributed by atoms with E-state index < -0.39 is 5.97 Å². The van der Waals surface area contributed by atoms with Crippen molar-refractivity contribution in [2.45, 2.75) is 26.9 Å². The van der Waals surface area contributed by atoms with Crippen molar-refractivity contribution < 1.29 is 14.7 Å². The van der Waals surface area contributed by atoms with Gasteiger partial charge in [0.15, 0.2) is 0 Å². The summed E-state index contributed by atoms with van der Waals surface area (Å²) in [5.41, 5.74) is 3.22. The highest BCUT2D eigenvalue weighted by atomic mass is 16.4. The first kappa shape index (κ1) is 17.7. The number of amides is 1. The summed E-state index contributed by atoms with van der Waals surface area (Å²) in [6.45, 7) is 5.07. The van der Waals surface area contributed by atoms with Crippen molar-refractivity contribution in [1.29, 1.82) is 0 Å². The van der Waals surface area contributed by atoms with Gasteiger partial charge in [0.1, 0.15) is 0 Å². The maximum absolute atomic E-state index is 11.6. The lowest BCUT2D eigenvalue weighted by molar-refractivity contribution is -0.118. The molecule has 0 heterocycles. The van der Waals surface area contributed by atoms with Crippen LogP contribution in [0.3, 0.4) is 0 Å². The summed E-state index contributed by atoms with van der Waals surface area (Å²) in [4.78, 5) is 22.4. The molecule has 0 spiro atoms. The van der Waals surface area contributed by atoms with E-state index in [2.05, 4.69) is 10.6 Å². The van der Waals surface area contributed by atoms with Gasteiger partial charge in [-0.05, 0) is 35.4 Å². The van der Waals surface area contributed by atoms with E-state index in [-0.39, 0.29) is 17.4 Å². The normalized spacial score (nSPS) is 10.6.